The van der Waals surface area contributed by atoms with Gasteiger partial charge in [-0.3, -0.25) is 14.9 Å². The second-order valence-corrected chi connectivity index (χ2v) is 4.62. The van der Waals surface area contributed by atoms with E-state index in [1.165, 1.54) is 18.2 Å². The molecule has 0 aliphatic heterocycles. The predicted molar refractivity (Wildman–Crippen MR) is 67.9 cm³/mol. The Kier molecular flexibility index (Phi) is 3.66. The van der Waals surface area contributed by atoms with E-state index < -0.39 is 10.8 Å². The first-order chi connectivity index (χ1) is 8.97. The van der Waals surface area contributed by atoms with Gasteiger partial charge in [0, 0.05) is 23.7 Å². The summed E-state index contributed by atoms with van der Waals surface area (Å²) in [7, 11) is 0. The minimum absolute atomic E-state index is 0.0587. The Balaban J connectivity index is 2.27. The number of primary amides is 1. The summed E-state index contributed by atoms with van der Waals surface area (Å²) < 4.78 is 5.60. The highest BCUT2D eigenvalue weighted by Gasteiger charge is 2.26. The van der Waals surface area contributed by atoms with Gasteiger partial charge in [0.2, 0.25) is 5.91 Å². The third-order valence-corrected chi connectivity index (χ3v) is 3.16. The van der Waals surface area contributed by atoms with Crippen molar-refractivity contribution in [3.8, 4) is 5.75 Å². The molecular weight excluding hydrogens is 250 g/mol. The molecule has 0 saturated heterocycles. The first kappa shape index (κ1) is 13.3. The molecule has 2 atom stereocenters. The second kappa shape index (κ2) is 5.23. The average molecular weight is 265 g/mol. The summed E-state index contributed by atoms with van der Waals surface area (Å²) in [4.78, 5) is 21.5. The van der Waals surface area contributed by atoms with Crippen molar-refractivity contribution in [3.05, 3.63) is 33.9 Å². The van der Waals surface area contributed by atoms with E-state index in [4.69, 9.17) is 16.2 Å². The fourth-order valence-corrected chi connectivity index (χ4v) is 2.17. The molecule has 0 spiro atoms. The molecule has 1 fully saturated rings. The number of hydrogen-bond donors (Lipinski definition) is 2. The zero-order valence-corrected chi connectivity index (χ0v) is 10.2. The number of nitro groups is 1. The van der Waals surface area contributed by atoms with Crippen LogP contribution in [0.15, 0.2) is 18.2 Å². The van der Waals surface area contributed by atoms with E-state index in [0.29, 0.717) is 6.42 Å². The molecule has 1 aliphatic rings. The number of benzene rings is 1. The van der Waals surface area contributed by atoms with Gasteiger partial charge < -0.3 is 16.2 Å². The van der Waals surface area contributed by atoms with Crippen molar-refractivity contribution >= 4 is 11.6 Å². The van der Waals surface area contributed by atoms with Crippen molar-refractivity contribution in [1.29, 1.82) is 0 Å². The smallest absolute Gasteiger partial charge is 0.310 e. The molecule has 4 N–H and O–H groups in total. The van der Waals surface area contributed by atoms with Gasteiger partial charge in [-0.15, -0.1) is 0 Å². The molecule has 1 aliphatic carbocycles. The molecule has 102 valence electrons. The molecule has 0 bridgehead atoms. The molecule has 1 aromatic rings. The van der Waals surface area contributed by atoms with Gasteiger partial charge in [0.25, 0.3) is 0 Å². The lowest BCUT2D eigenvalue weighted by Crippen LogP contribution is -2.19. The fraction of sp³-hybridized carbons (Fsp3) is 0.417. The number of rotatable bonds is 4. The number of carbonyl (C=O) groups excluding carboxylic acids is 1. The SMILES string of the molecule is NC(=O)c1ccc([N+](=O)[O-])c(OC2CCC(N)C2)c1. The number of nitrogens with two attached hydrogens (primary N) is 2. The van der Waals surface area contributed by atoms with E-state index in [2.05, 4.69) is 0 Å². The maximum absolute atomic E-state index is 11.1. The van der Waals surface area contributed by atoms with Crippen LogP contribution in [0.2, 0.25) is 0 Å². The van der Waals surface area contributed by atoms with Crippen LogP contribution >= 0.6 is 0 Å². The number of nitrogens with zero attached hydrogens (tertiary/aromatic N) is 1. The van der Waals surface area contributed by atoms with Crippen molar-refractivity contribution in [3.63, 3.8) is 0 Å². The van der Waals surface area contributed by atoms with E-state index in [1.807, 2.05) is 0 Å². The highest BCUT2D eigenvalue weighted by Crippen LogP contribution is 2.32. The second-order valence-electron chi connectivity index (χ2n) is 4.62. The number of hydrogen-bond acceptors (Lipinski definition) is 5. The Hall–Kier alpha value is -2.15. The van der Waals surface area contributed by atoms with Crippen LogP contribution in [0.1, 0.15) is 29.6 Å². The van der Waals surface area contributed by atoms with Crippen molar-refractivity contribution in [2.45, 2.75) is 31.4 Å². The lowest BCUT2D eigenvalue weighted by Gasteiger charge is -2.13. The summed E-state index contributed by atoms with van der Waals surface area (Å²) in [6, 6.07) is 3.91. The summed E-state index contributed by atoms with van der Waals surface area (Å²) in [6.45, 7) is 0. The van der Waals surface area contributed by atoms with E-state index >= 15 is 0 Å². The summed E-state index contributed by atoms with van der Waals surface area (Å²) in [5, 5.41) is 10.9. The van der Waals surface area contributed by atoms with Crippen molar-refractivity contribution < 1.29 is 14.5 Å². The molecule has 0 aromatic heterocycles. The van der Waals surface area contributed by atoms with Crippen LogP contribution in [0, 0.1) is 10.1 Å². The average Bonchev–Trinajstić information content (AvgIpc) is 2.74. The van der Waals surface area contributed by atoms with Crippen LogP contribution in [0.4, 0.5) is 5.69 Å². The van der Waals surface area contributed by atoms with E-state index in [-0.39, 0.29) is 29.1 Å². The first-order valence-corrected chi connectivity index (χ1v) is 5.98. The van der Waals surface area contributed by atoms with Gasteiger partial charge in [0.05, 0.1) is 4.92 Å². The normalized spacial score (nSPS) is 22.2. The molecule has 1 saturated carbocycles. The minimum atomic E-state index is -0.650. The van der Waals surface area contributed by atoms with Gasteiger partial charge in [-0.05, 0) is 25.3 Å². The quantitative estimate of drug-likeness (QED) is 0.620. The van der Waals surface area contributed by atoms with Gasteiger partial charge in [0.1, 0.15) is 6.10 Å². The van der Waals surface area contributed by atoms with Gasteiger partial charge in [-0.2, -0.15) is 0 Å². The van der Waals surface area contributed by atoms with Gasteiger partial charge in [0.15, 0.2) is 5.75 Å². The Bertz CT molecular complexity index is 518. The Morgan fingerprint density at radius 1 is 1.42 bits per heavy atom. The van der Waals surface area contributed by atoms with Gasteiger partial charge in [-0.1, -0.05) is 0 Å². The molecule has 0 heterocycles. The van der Waals surface area contributed by atoms with Crippen LogP contribution in [0.3, 0.4) is 0 Å². The predicted octanol–water partition coefficient (Wildman–Crippen LogP) is 0.952. The molecule has 2 rings (SSSR count). The van der Waals surface area contributed by atoms with Crippen molar-refractivity contribution in [2.75, 3.05) is 0 Å². The minimum Gasteiger partial charge on any atom is -0.483 e. The first-order valence-electron chi connectivity index (χ1n) is 5.98. The molecule has 0 radical (unpaired) electrons. The third-order valence-electron chi connectivity index (χ3n) is 3.16. The lowest BCUT2D eigenvalue weighted by molar-refractivity contribution is -0.386. The molecule has 7 nitrogen and oxygen atoms in total. The molecule has 1 amide bonds. The van der Waals surface area contributed by atoms with Crippen LogP contribution in [0.25, 0.3) is 0 Å². The van der Waals surface area contributed by atoms with Crippen LogP contribution in [-0.2, 0) is 0 Å². The van der Waals surface area contributed by atoms with Crippen LogP contribution < -0.4 is 16.2 Å². The summed E-state index contributed by atoms with van der Waals surface area (Å²) in [5.74, 6) is -0.580. The summed E-state index contributed by atoms with van der Waals surface area (Å²) in [6.07, 6.45) is 2.07. The Morgan fingerprint density at radius 3 is 2.68 bits per heavy atom. The maximum Gasteiger partial charge on any atom is 0.310 e. The fourth-order valence-electron chi connectivity index (χ4n) is 2.17. The van der Waals surface area contributed by atoms with Crippen LogP contribution in [-0.4, -0.2) is 23.0 Å². The lowest BCUT2D eigenvalue weighted by atomic mass is 10.1. The number of nitro benzene ring substituents is 1. The van der Waals surface area contributed by atoms with E-state index in [1.54, 1.807) is 0 Å². The monoisotopic (exact) mass is 265 g/mol. The zero-order chi connectivity index (χ0) is 14.0. The van der Waals surface area contributed by atoms with E-state index in [0.717, 1.165) is 12.8 Å². The molecule has 19 heavy (non-hydrogen) atoms. The standard InChI is InChI=1S/C12H15N3O4/c13-8-2-3-9(6-8)19-11-5-7(12(14)16)1-4-10(11)15(17)18/h1,4-5,8-9H,2-3,6,13H2,(H2,14,16). The highest BCUT2D eigenvalue weighted by molar-refractivity contribution is 5.93. The molecule has 2 unspecified atom stereocenters. The summed E-state index contributed by atoms with van der Waals surface area (Å²) >= 11 is 0. The number of ether oxygens (including phenoxy) is 1. The third kappa shape index (κ3) is 3.00. The highest BCUT2D eigenvalue weighted by atomic mass is 16.6. The van der Waals surface area contributed by atoms with Gasteiger partial charge >= 0.3 is 5.69 Å². The maximum atomic E-state index is 11.1. The topological polar surface area (TPSA) is 121 Å². The zero-order valence-electron chi connectivity index (χ0n) is 10.2. The van der Waals surface area contributed by atoms with Gasteiger partial charge in [-0.25, -0.2) is 0 Å². The Labute approximate surface area is 109 Å². The van der Waals surface area contributed by atoms with Crippen molar-refractivity contribution in [2.24, 2.45) is 11.5 Å². The largest absolute Gasteiger partial charge is 0.483 e. The van der Waals surface area contributed by atoms with Crippen LogP contribution in [0.5, 0.6) is 5.75 Å². The molecule has 1 aromatic carbocycles. The Morgan fingerprint density at radius 2 is 2.16 bits per heavy atom. The molecule has 7 heteroatoms. The van der Waals surface area contributed by atoms with Crippen molar-refractivity contribution in [1.82, 2.24) is 0 Å². The van der Waals surface area contributed by atoms with E-state index in [9.17, 15) is 14.9 Å². The molecular formula is C12H15N3O4. The number of carbonyl (C=O) groups is 1. The number of amides is 1. The summed E-state index contributed by atoms with van der Waals surface area (Å²) in [5.41, 5.74) is 10.9.